The van der Waals surface area contributed by atoms with E-state index < -0.39 is 0 Å². The Labute approximate surface area is 207 Å². The summed E-state index contributed by atoms with van der Waals surface area (Å²) in [5.41, 5.74) is 3.43. The minimum Gasteiger partial charge on any atom is -0.352 e. The predicted molar refractivity (Wildman–Crippen MR) is 138 cm³/mol. The Balaban J connectivity index is 0.00000289. The average molecular weight is 551 g/mol. The lowest BCUT2D eigenvalue weighted by Crippen LogP contribution is -2.55. The first-order valence-corrected chi connectivity index (χ1v) is 11.2. The highest BCUT2D eigenvalue weighted by Crippen LogP contribution is 2.16. The van der Waals surface area contributed by atoms with Gasteiger partial charge in [0.15, 0.2) is 5.96 Å². The normalized spacial score (nSPS) is 17.9. The molecule has 2 aromatic rings. The van der Waals surface area contributed by atoms with E-state index in [2.05, 4.69) is 44.6 Å². The smallest absolute Gasteiger partial charge is 0.246 e. The summed E-state index contributed by atoms with van der Waals surface area (Å²) in [5, 5.41) is 7.58. The van der Waals surface area contributed by atoms with Crippen molar-refractivity contribution in [3.8, 4) is 0 Å². The molecule has 4 rings (SSSR count). The SMILES string of the molecule is CN=C(NCc1ccc(CN2CCCCC2)cc1)N1CCN(c2cnn(C)c2)C(=O)C1.I. The predicted octanol–water partition coefficient (Wildman–Crippen LogP) is 2.45. The van der Waals surface area contributed by atoms with E-state index in [1.807, 2.05) is 18.1 Å². The van der Waals surface area contributed by atoms with Crippen molar-refractivity contribution in [2.45, 2.75) is 32.4 Å². The summed E-state index contributed by atoms with van der Waals surface area (Å²) in [6, 6.07) is 8.82. The third kappa shape index (κ3) is 6.22. The minimum absolute atomic E-state index is 0. The molecule has 8 nitrogen and oxygen atoms in total. The Morgan fingerprint density at radius 1 is 1.06 bits per heavy atom. The second kappa shape index (κ2) is 11.6. The van der Waals surface area contributed by atoms with Crippen LogP contribution in [0.3, 0.4) is 0 Å². The molecule has 3 heterocycles. The van der Waals surface area contributed by atoms with Gasteiger partial charge >= 0.3 is 0 Å². The number of aliphatic imine (C=N–C) groups is 1. The van der Waals surface area contributed by atoms with E-state index in [1.165, 1.54) is 43.5 Å². The van der Waals surface area contributed by atoms with E-state index in [9.17, 15) is 4.79 Å². The molecule has 2 aliphatic heterocycles. The van der Waals surface area contributed by atoms with Crippen molar-refractivity contribution in [2.24, 2.45) is 12.0 Å². The largest absolute Gasteiger partial charge is 0.352 e. The van der Waals surface area contributed by atoms with E-state index >= 15 is 0 Å². The highest BCUT2D eigenvalue weighted by molar-refractivity contribution is 14.0. The molecule has 0 unspecified atom stereocenters. The van der Waals surface area contributed by atoms with Gasteiger partial charge in [0.1, 0.15) is 6.54 Å². The number of anilines is 1. The van der Waals surface area contributed by atoms with E-state index in [0.717, 1.165) is 24.7 Å². The van der Waals surface area contributed by atoms with Crippen molar-refractivity contribution in [1.82, 2.24) is 24.9 Å². The van der Waals surface area contributed by atoms with Crippen LogP contribution in [0.5, 0.6) is 0 Å². The van der Waals surface area contributed by atoms with Crippen LogP contribution in [0, 0.1) is 0 Å². The molecule has 1 N–H and O–H groups in total. The fraction of sp³-hybridized carbons (Fsp3) is 0.522. The molecule has 1 amide bonds. The zero-order valence-electron chi connectivity index (χ0n) is 19.0. The number of aromatic nitrogens is 2. The number of nitrogens with zero attached hydrogens (tertiary/aromatic N) is 6. The molecule has 0 aliphatic carbocycles. The number of hydrogen-bond donors (Lipinski definition) is 1. The number of carbonyl (C=O) groups is 1. The van der Waals surface area contributed by atoms with E-state index in [0.29, 0.717) is 19.6 Å². The third-order valence-corrected chi connectivity index (χ3v) is 6.06. The minimum atomic E-state index is 0. The molecule has 2 saturated heterocycles. The van der Waals surface area contributed by atoms with Gasteiger partial charge in [-0.25, -0.2) is 0 Å². The number of halogens is 1. The lowest BCUT2D eigenvalue weighted by molar-refractivity contribution is -0.120. The van der Waals surface area contributed by atoms with E-state index in [4.69, 9.17) is 0 Å². The number of rotatable bonds is 5. The van der Waals surface area contributed by atoms with Crippen LogP contribution in [-0.2, 0) is 24.9 Å². The fourth-order valence-corrected chi connectivity index (χ4v) is 4.33. The van der Waals surface area contributed by atoms with Crippen molar-refractivity contribution in [3.63, 3.8) is 0 Å². The van der Waals surface area contributed by atoms with Crippen LogP contribution in [0.4, 0.5) is 5.69 Å². The van der Waals surface area contributed by atoms with E-state index in [-0.39, 0.29) is 29.9 Å². The highest BCUT2D eigenvalue weighted by atomic mass is 127. The van der Waals surface area contributed by atoms with Crippen molar-refractivity contribution < 1.29 is 4.79 Å². The lowest BCUT2D eigenvalue weighted by Gasteiger charge is -2.35. The number of amides is 1. The molecule has 0 bridgehead atoms. The number of piperazine rings is 1. The van der Waals surface area contributed by atoms with Gasteiger partial charge in [-0.1, -0.05) is 30.7 Å². The molecule has 0 spiro atoms. The van der Waals surface area contributed by atoms with Crippen LogP contribution >= 0.6 is 24.0 Å². The molecule has 174 valence electrons. The Morgan fingerprint density at radius 3 is 2.41 bits per heavy atom. The topological polar surface area (TPSA) is 69.0 Å². The number of piperidine rings is 1. The van der Waals surface area contributed by atoms with Crippen LogP contribution in [-0.4, -0.2) is 71.2 Å². The molecule has 2 fully saturated rings. The van der Waals surface area contributed by atoms with Crippen molar-refractivity contribution in [3.05, 3.63) is 47.8 Å². The third-order valence-electron chi connectivity index (χ3n) is 6.06. The van der Waals surface area contributed by atoms with Gasteiger partial charge in [0.25, 0.3) is 0 Å². The number of hydrogen-bond acceptors (Lipinski definition) is 4. The Bertz CT molecular complexity index is 905. The number of likely N-dealkylation sites (tertiary alicyclic amines) is 1. The molecular weight excluding hydrogens is 517 g/mol. The van der Waals surface area contributed by atoms with Gasteiger partial charge in [-0.3, -0.25) is 19.4 Å². The molecule has 0 saturated carbocycles. The van der Waals surface area contributed by atoms with Crippen LogP contribution in [0.15, 0.2) is 41.7 Å². The second-order valence-corrected chi connectivity index (χ2v) is 8.39. The second-order valence-electron chi connectivity index (χ2n) is 8.39. The van der Waals surface area contributed by atoms with Crippen LogP contribution in [0.2, 0.25) is 0 Å². The van der Waals surface area contributed by atoms with Gasteiger partial charge in [-0.15, -0.1) is 24.0 Å². The van der Waals surface area contributed by atoms with Gasteiger partial charge in [0, 0.05) is 46.5 Å². The summed E-state index contributed by atoms with van der Waals surface area (Å²) in [5.74, 6) is 0.820. The fourth-order valence-electron chi connectivity index (χ4n) is 4.33. The van der Waals surface area contributed by atoms with Crippen LogP contribution in [0.1, 0.15) is 30.4 Å². The van der Waals surface area contributed by atoms with Crippen molar-refractivity contribution in [2.75, 3.05) is 44.7 Å². The van der Waals surface area contributed by atoms with Crippen molar-refractivity contribution in [1.29, 1.82) is 0 Å². The quantitative estimate of drug-likeness (QED) is 0.352. The summed E-state index contributed by atoms with van der Waals surface area (Å²) in [7, 11) is 3.62. The Morgan fingerprint density at radius 2 is 1.78 bits per heavy atom. The maximum absolute atomic E-state index is 12.7. The first-order valence-electron chi connectivity index (χ1n) is 11.2. The number of guanidine groups is 1. The first kappa shape index (κ1) is 24.5. The molecule has 1 aromatic carbocycles. The molecule has 2 aliphatic rings. The summed E-state index contributed by atoms with van der Waals surface area (Å²) >= 11 is 0. The average Bonchev–Trinajstić information content (AvgIpc) is 3.22. The number of nitrogens with one attached hydrogen (secondary N) is 1. The Hall–Kier alpha value is -2.14. The molecule has 1 aromatic heterocycles. The standard InChI is InChI=1S/C23H33N7O.HI/c1-24-23(29-12-13-30(22(31)18-29)21-15-26-27(2)17-21)25-14-19-6-8-20(9-7-19)16-28-10-4-3-5-11-28;/h6-9,15,17H,3-5,10-14,16,18H2,1-2H3,(H,24,25);1H. The number of aryl methyl sites for hydroxylation is 1. The highest BCUT2D eigenvalue weighted by Gasteiger charge is 2.27. The van der Waals surface area contributed by atoms with Crippen LogP contribution in [0.25, 0.3) is 0 Å². The van der Waals surface area contributed by atoms with Gasteiger partial charge in [-0.05, 0) is 37.1 Å². The van der Waals surface area contributed by atoms with Gasteiger partial charge in [-0.2, -0.15) is 5.10 Å². The monoisotopic (exact) mass is 551 g/mol. The van der Waals surface area contributed by atoms with Gasteiger partial charge in [0.05, 0.1) is 11.9 Å². The maximum atomic E-state index is 12.7. The molecule has 9 heteroatoms. The molecule has 0 radical (unpaired) electrons. The Kier molecular flexibility index (Phi) is 8.92. The zero-order valence-corrected chi connectivity index (χ0v) is 21.4. The van der Waals surface area contributed by atoms with Gasteiger partial charge in [0.2, 0.25) is 5.91 Å². The molecule has 32 heavy (non-hydrogen) atoms. The zero-order chi connectivity index (χ0) is 21.6. The first-order chi connectivity index (χ1) is 15.1. The summed E-state index contributed by atoms with van der Waals surface area (Å²) in [4.78, 5) is 23.4. The molecule has 0 atom stereocenters. The number of benzene rings is 1. The van der Waals surface area contributed by atoms with Crippen molar-refractivity contribution >= 4 is 41.5 Å². The lowest BCUT2D eigenvalue weighted by atomic mass is 10.1. The van der Waals surface area contributed by atoms with Gasteiger partial charge < -0.3 is 15.1 Å². The summed E-state index contributed by atoms with van der Waals surface area (Å²) in [6.45, 7) is 5.82. The van der Waals surface area contributed by atoms with Crippen LogP contribution < -0.4 is 10.2 Å². The maximum Gasteiger partial charge on any atom is 0.246 e. The summed E-state index contributed by atoms with van der Waals surface area (Å²) < 4.78 is 1.72. The number of carbonyl (C=O) groups excluding carboxylic acids is 1. The molecular formula is C23H34IN7O. The summed E-state index contributed by atoms with van der Waals surface area (Å²) in [6.07, 6.45) is 7.61. The van der Waals surface area contributed by atoms with E-state index in [1.54, 1.807) is 22.8 Å².